The van der Waals surface area contributed by atoms with Crippen LogP contribution < -0.4 is 4.90 Å². The second kappa shape index (κ2) is 5.94. The van der Waals surface area contributed by atoms with Crippen molar-refractivity contribution in [2.24, 2.45) is 0 Å². The first-order valence-corrected chi connectivity index (χ1v) is 5.82. The molecular formula is C12H14N4O3. The maximum atomic E-state index is 11.4. The van der Waals surface area contributed by atoms with Crippen LogP contribution in [0.5, 0.6) is 0 Å². The molecule has 0 aromatic carbocycles. The molecule has 0 bridgehead atoms. The lowest BCUT2D eigenvalue weighted by atomic mass is 10.3. The minimum atomic E-state index is -0.618. The zero-order valence-corrected chi connectivity index (χ0v) is 10.7. The molecular weight excluding hydrogens is 248 g/mol. The number of hydrogen-bond donors (Lipinski definition) is 0. The molecule has 0 saturated carbocycles. The van der Waals surface area contributed by atoms with Crippen LogP contribution in [0.1, 0.15) is 23.3 Å². The summed E-state index contributed by atoms with van der Waals surface area (Å²) in [6.07, 6.45) is 1.71. The monoisotopic (exact) mass is 262 g/mol. The maximum Gasteiger partial charge on any atom is 0.397 e. The van der Waals surface area contributed by atoms with E-state index >= 15 is 0 Å². The minimum Gasteiger partial charge on any atom is -0.459 e. The molecule has 7 heteroatoms. The Bertz CT molecular complexity index is 541. The number of anilines is 1. The van der Waals surface area contributed by atoms with Crippen LogP contribution in [0.2, 0.25) is 0 Å². The van der Waals surface area contributed by atoms with E-state index in [0.29, 0.717) is 12.5 Å². The van der Waals surface area contributed by atoms with E-state index in [9.17, 15) is 4.79 Å². The van der Waals surface area contributed by atoms with Crippen molar-refractivity contribution in [3.8, 4) is 0 Å². The summed E-state index contributed by atoms with van der Waals surface area (Å²) in [5.41, 5.74) is 0.868. The Morgan fingerprint density at radius 2 is 2.32 bits per heavy atom. The third-order valence-corrected chi connectivity index (χ3v) is 2.33. The highest BCUT2D eigenvalue weighted by molar-refractivity contribution is 5.84. The fraction of sp³-hybridized carbons (Fsp3) is 0.333. The van der Waals surface area contributed by atoms with Crippen molar-refractivity contribution in [2.75, 3.05) is 18.6 Å². The number of ether oxygens (including phenoxy) is 1. The lowest BCUT2D eigenvalue weighted by Gasteiger charge is -2.12. The van der Waals surface area contributed by atoms with Gasteiger partial charge in [0.2, 0.25) is 0 Å². The third-order valence-electron chi connectivity index (χ3n) is 2.33. The maximum absolute atomic E-state index is 11.4. The summed E-state index contributed by atoms with van der Waals surface area (Å²) >= 11 is 0. The molecule has 2 rings (SSSR count). The van der Waals surface area contributed by atoms with Gasteiger partial charge in [-0.05, 0) is 24.2 Å². The van der Waals surface area contributed by atoms with E-state index in [4.69, 9.17) is 9.26 Å². The fourth-order valence-corrected chi connectivity index (χ4v) is 1.45. The number of esters is 1. The van der Waals surface area contributed by atoms with E-state index in [0.717, 1.165) is 5.69 Å². The van der Waals surface area contributed by atoms with Crippen LogP contribution >= 0.6 is 0 Å². The van der Waals surface area contributed by atoms with Gasteiger partial charge in [0.15, 0.2) is 0 Å². The number of hydrogen-bond acceptors (Lipinski definition) is 7. The second-order valence-electron chi connectivity index (χ2n) is 3.80. The zero-order valence-electron chi connectivity index (χ0n) is 10.7. The standard InChI is InChI=1S/C12H14N4O3/c1-3-18-11(17)10-14-12(15-19-10)16(2)8-9-6-4-5-7-13-9/h4-7H,3,8H2,1-2H3. The average molecular weight is 262 g/mol. The van der Waals surface area contributed by atoms with Crippen molar-refractivity contribution >= 4 is 11.9 Å². The molecule has 0 aliphatic rings. The van der Waals surface area contributed by atoms with Crippen molar-refractivity contribution in [3.05, 3.63) is 36.0 Å². The summed E-state index contributed by atoms with van der Waals surface area (Å²) in [6.45, 7) is 2.49. The van der Waals surface area contributed by atoms with E-state index in [1.165, 1.54) is 0 Å². The molecule has 0 radical (unpaired) electrons. The molecule has 2 heterocycles. The molecule has 0 atom stereocenters. The van der Waals surface area contributed by atoms with Gasteiger partial charge < -0.3 is 14.2 Å². The van der Waals surface area contributed by atoms with Gasteiger partial charge in [-0.15, -0.1) is 0 Å². The molecule has 0 saturated heterocycles. The largest absolute Gasteiger partial charge is 0.459 e. The quantitative estimate of drug-likeness (QED) is 0.750. The summed E-state index contributed by atoms with van der Waals surface area (Å²) in [7, 11) is 1.79. The first-order chi connectivity index (χ1) is 9.20. The summed E-state index contributed by atoms with van der Waals surface area (Å²) in [6, 6.07) is 5.63. The SMILES string of the molecule is CCOC(=O)c1nc(N(C)Cc2ccccn2)no1. The Hall–Kier alpha value is -2.44. The Morgan fingerprint density at radius 3 is 3.00 bits per heavy atom. The second-order valence-corrected chi connectivity index (χ2v) is 3.80. The van der Waals surface area contributed by atoms with Gasteiger partial charge in [-0.25, -0.2) is 4.79 Å². The number of nitrogens with zero attached hydrogens (tertiary/aromatic N) is 4. The van der Waals surface area contributed by atoms with Gasteiger partial charge in [-0.3, -0.25) is 4.98 Å². The number of carbonyl (C=O) groups excluding carboxylic acids is 1. The molecule has 0 amide bonds. The first-order valence-electron chi connectivity index (χ1n) is 5.82. The smallest absolute Gasteiger partial charge is 0.397 e. The third kappa shape index (κ3) is 3.27. The molecule has 7 nitrogen and oxygen atoms in total. The molecule has 0 aliphatic carbocycles. The highest BCUT2D eigenvalue weighted by Crippen LogP contribution is 2.11. The molecule has 2 aromatic heterocycles. The Labute approximate surface area is 110 Å². The van der Waals surface area contributed by atoms with Gasteiger partial charge in [0.05, 0.1) is 18.8 Å². The molecule has 100 valence electrons. The van der Waals surface area contributed by atoms with Gasteiger partial charge >= 0.3 is 11.9 Å². The van der Waals surface area contributed by atoms with E-state index in [2.05, 4.69) is 15.1 Å². The lowest BCUT2D eigenvalue weighted by Crippen LogP contribution is -2.18. The molecule has 0 N–H and O–H groups in total. The number of pyridine rings is 1. The summed E-state index contributed by atoms with van der Waals surface area (Å²) in [4.78, 5) is 21.3. The minimum absolute atomic E-state index is 0.148. The Morgan fingerprint density at radius 1 is 1.47 bits per heavy atom. The van der Waals surface area contributed by atoms with Crippen molar-refractivity contribution < 1.29 is 14.1 Å². The van der Waals surface area contributed by atoms with Gasteiger partial charge in [0.1, 0.15) is 0 Å². The fourth-order valence-electron chi connectivity index (χ4n) is 1.45. The van der Waals surface area contributed by atoms with Crippen molar-refractivity contribution in [2.45, 2.75) is 13.5 Å². The Kier molecular flexibility index (Phi) is 4.07. The average Bonchev–Trinajstić information content (AvgIpc) is 2.90. The van der Waals surface area contributed by atoms with Crippen LogP contribution in [-0.4, -0.2) is 34.7 Å². The van der Waals surface area contributed by atoms with Crippen molar-refractivity contribution in [1.82, 2.24) is 15.1 Å². The van der Waals surface area contributed by atoms with Crippen LogP contribution in [-0.2, 0) is 11.3 Å². The lowest BCUT2D eigenvalue weighted by molar-refractivity contribution is 0.0470. The highest BCUT2D eigenvalue weighted by Gasteiger charge is 2.18. The summed E-state index contributed by atoms with van der Waals surface area (Å²) < 4.78 is 9.61. The van der Waals surface area contributed by atoms with E-state index in [1.54, 1.807) is 25.1 Å². The highest BCUT2D eigenvalue weighted by atomic mass is 16.6. The summed E-state index contributed by atoms with van der Waals surface area (Å²) in [5.74, 6) is -0.453. The van der Waals surface area contributed by atoms with E-state index < -0.39 is 5.97 Å². The van der Waals surface area contributed by atoms with Crippen LogP contribution in [0.15, 0.2) is 28.9 Å². The van der Waals surface area contributed by atoms with Gasteiger partial charge in [0, 0.05) is 13.2 Å². The number of rotatable bonds is 5. The predicted octanol–water partition coefficient (Wildman–Crippen LogP) is 1.28. The molecule has 0 aliphatic heterocycles. The molecule has 0 unspecified atom stereocenters. The van der Waals surface area contributed by atoms with E-state index in [-0.39, 0.29) is 12.5 Å². The molecule has 0 fully saturated rings. The number of aromatic nitrogens is 3. The van der Waals surface area contributed by atoms with Crippen LogP contribution in [0, 0.1) is 0 Å². The van der Waals surface area contributed by atoms with Crippen LogP contribution in [0.3, 0.4) is 0 Å². The first kappa shape index (κ1) is 13.0. The normalized spacial score (nSPS) is 10.2. The summed E-state index contributed by atoms with van der Waals surface area (Å²) in [5, 5.41) is 3.73. The van der Waals surface area contributed by atoms with Crippen LogP contribution in [0.25, 0.3) is 0 Å². The van der Waals surface area contributed by atoms with Gasteiger partial charge in [-0.2, -0.15) is 4.98 Å². The van der Waals surface area contributed by atoms with Gasteiger partial charge in [-0.1, -0.05) is 6.07 Å². The topological polar surface area (TPSA) is 81.4 Å². The van der Waals surface area contributed by atoms with Crippen molar-refractivity contribution in [1.29, 1.82) is 0 Å². The molecule has 19 heavy (non-hydrogen) atoms. The Balaban J connectivity index is 2.04. The van der Waals surface area contributed by atoms with E-state index in [1.807, 2.05) is 18.2 Å². The van der Waals surface area contributed by atoms with Gasteiger partial charge in [0.25, 0.3) is 5.95 Å². The van der Waals surface area contributed by atoms with Crippen LogP contribution in [0.4, 0.5) is 5.95 Å². The van der Waals surface area contributed by atoms with Crippen molar-refractivity contribution in [3.63, 3.8) is 0 Å². The zero-order chi connectivity index (χ0) is 13.7. The molecule has 0 spiro atoms. The molecule has 2 aromatic rings. The predicted molar refractivity (Wildman–Crippen MR) is 66.6 cm³/mol. The number of carbonyl (C=O) groups is 1.